The average Bonchev–Trinajstić information content (AvgIpc) is 2.81. The van der Waals surface area contributed by atoms with Gasteiger partial charge in [0.05, 0.1) is 5.69 Å². The van der Waals surface area contributed by atoms with Gasteiger partial charge in [0.15, 0.2) is 0 Å². The number of rotatable bonds is 4. The third-order valence-electron chi connectivity index (χ3n) is 3.84. The first-order chi connectivity index (χ1) is 7.75. The zero-order valence-corrected chi connectivity index (χ0v) is 10.4. The van der Waals surface area contributed by atoms with Crippen LogP contribution in [0.5, 0.6) is 0 Å². The van der Waals surface area contributed by atoms with Crippen molar-refractivity contribution >= 4 is 0 Å². The lowest BCUT2D eigenvalue weighted by Gasteiger charge is -2.27. The van der Waals surface area contributed by atoms with E-state index in [0.717, 1.165) is 18.4 Å². The van der Waals surface area contributed by atoms with Gasteiger partial charge in [0, 0.05) is 12.2 Å². The van der Waals surface area contributed by atoms with Gasteiger partial charge < -0.3 is 5.32 Å². The highest BCUT2D eigenvalue weighted by Gasteiger charge is 2.18. The molecule has 1 aromatic heterocycles. The molecule has 2 N–H and O–H groups in total. The Labute approximate surface area is 98.0 Å². The van der Waals surface area contributed by atoms with Crippen LogP contribution in [0.3, 0.4) is 0 Å². The van der Waals surface area contributed by atoms with Crippen molar-refractivity contribution in [1.82, 2.24) is 15.5 Å². The van der Waals surface area contributed by atoms with E-state index in [-0.39, 0.29) is 0 Å². The molecular formula is C13H23N3. The standard InChI is InChI=1S/C13H23N3/c1-10-3-5-12(6-4-10)9-14-11(2)13-7-8-15-16-13/h7-8,10-12,14H,3-6,9H2,1-2H3,(H,15,16). The van der Waals surface area contributed by atoms with E-state index in [2.05, 4.69) is 29.4 Å². The van der Waals surface area contributed by atoms with E-state index in [1.54, 1.807) is 0 Å². The van der Waals surface area contributed by atoms with Crippen LogP contribution in [0.1, 0.15) is 51.3 Å². The smallest absolute Gasteiger partial charge is 0.0518 e. The molecule has 16 heavy (non-hydrogen) atoms. The molecule has 3 heteroatoms. The fraction of sp³-hybridized carbons (Fsp3) is 0.769. The van der Waals surface area contributed by atoms with Crippen molar-refractivity contribution in [1.29, 1.82) is 0 Å². The predicted octanol–water partition coefficient (Wildman–Crippen LogP) is 2.89. The van der Waals surface area contributed by atoms with Crippen LogP contribution in [-0.2, 0) is 0 Å². The molecule has 0 bridgehead atoms. The molecule has 1 aliphatic rings. The molecule has 0 radical (unpaired) electrons. The van der Waals surface area contributed by atoms with Crippen molar-refractivity contribution in [2.24, 2.45) is 11.8 Å². The minimum Gasteiger partial charge on any atom is -0.309 e. The summed E-state index contributed by atoms with van der Waals surface area (Å²) in [5.74, 6) is 1.82. The molecule has 1 atom stereocenters. The molecule has 1 aromatic rings. The van der Waals surface area contributed by atoms with Crippen LogP contribution in [0, 0.1) is 11.8 Å². The summed E-state index contributed by atoms with van der Waals surface area (Å²) in [7, 11) is 0. The van der Waals surface area contributed by atoms with Crippen molar-refractivity contribution in [3.63, 3.8) is 0 Å². The summed E-state index contributed by atoms with van der Waals surface area (Å²) in [5.41, 5.74) is 1.18. The van der Waals surface area contributed by atoms with Gasteiger partial charge in [-0.2, -0.15) is 5.10 Å². The molecule has 0 saturated heterocycles. The van der Waals surface area contributed by atoms with Gasteiger partial charge in [0.2, 0.25) is 0 Å². The molecular weight excluding hydrogens is 198 g/mol. The maximum Gasteiger partial charge on any atom is 0.0518 e. The molecule has 1 saturated carbocycles. The second-order valence-electron chi connectivity index (χ2n) is 5.27. The Kier molecular flexibility index (Phi) is 3.99. The molecule has 1 heterocycles. The summed E-state index contributed by atoms with van der Waals surface area (Å²) < 4.78 is 0. The SMILES string of the molecule is CC1CCC(CNC(C)c2ccn[nH]2)CC1. The minimum absolute atomic E-state index is 0.391. The van der Waals surface area contributed by atoms with Crippen molar-refractivity contribution < 1.29 is 0 Å². The maximum atomic E-state index is 3.98. The summed E-state index contributed by atoms with van der Waals surface area (Å²) in [4.78, 5) is 0. The molecule has 1 unspecified atom stereocenters. The van der Waals surface area contributed by atoms with E-state index in [9.17, 15) is 0 Å². The Morgan fingerprint density at radius 2 is 2.19 bits per heavy atom. The second-order valence-corrected chi connectivity index (χ2v) is 5.27. The molecule has 1 aliphatic carbocycles. The van der Waals surface area contributed by atoms with Gasteiger partial charge in [0.25, 0.3) is 0 Å². The van der Waals surface area contributed by atoms with E-state index in [1.165, 1.54) is 31.4 Å². The highest BCUT2D eigenvalue weighted by atomic mass is 15.1. The molecule has 90 valence electrons. The summed E-state index contributed by atoms with van der Waals surface area (Å²) >= 11 is 0. The van der Waals surface area contributed by atoms with Gasteiger partial charge in [-0.05, 0) is 44.2 Å². The van der Waals surface area contributed by atoms with Crippen LogP contribution >= 0.6 is 0 Å². The number of H-pyrrole nitrogens is 1. The third kappa shape index (κ3) is 3.08. The van der Waals surface area contributed by atoms with E-state index >= 15 is 0 Å². The summed E-state index contributed by atoms with van der Waals surface area (Å²) in [6.07, 6.45) is 7.42. The number of hydrogen-bond acceptors (Lipinski definition) is 2. The Bertz CT molecular complexity index is 286. The summed E-state index contributed by atoms with van der Waals surface area (Å²) in [6.45, 7) is 5.71. The molecule has 0 spiro atoms. The molecule has 2 rings (SSSR count). The van der Waals surface area contributed by atoms with Gasteiger partial charge >= 0.3 is 0 Å². The fourth-order valence-electron chi connectivity index (χ4n) is 2.49. The number of aromatic nitrogens is 2. The van der Waals surface area contributed by atoms with Crippen LogP contribution in [0.4, 0.5) is 0 Å². The number of hydrogen-bond donors (Lipinski definition) is 2. The highest BCUT2D eigenvalue weighted by molar-refractivity contribution is 5.02. The predicted molar refractivity (Wildman–Crippen MR) is 66.1 cm³/mol. The van der Waals surface area contributed by atoms with Crippen molar-refractivity contribution in [2.75, 3.05) is 6.54 Å². The van der Waals surface area contributed by atoms with Gasteiger partial charge in [-0.1, -0.05) is 19.8 Å². The van der Waals surface area contributed by atoms with Crippen molar-refractivity contribution in [3.05, 3.63) is 18.0 Å². The third-order valence-corrected chi connectivity index (χ3v) is 3.84. The first-order valence-corrected chi connectivity index (χ1v) is 6.48. The lowest BCUT2D eigenvalue weighted by molar-refractivity contribution is 0.275. The summed E-state index contributed by atoms with van der Waals surface area (Å²) in [6, 6.07) is 2.43. The van der Waals surface area contributed by atoms with E-state index in [1.807, 2.05) is 12.3 Å². The zero-order chi connectivity index (χ0) is 11.4. The molecule has 1 fully saturated rings. The van der Waals surface area contributed by atoms with Gasteiger partial charge in [0.1, 0.15) is 0 Å². The van der Waals surface area contributed by atoms with E-state index < -0.39 is 0 Å². The quantitative estimate of drug-likeness (QED) is 0.820. The number of nitrogens with zero attached hydrogens (tertiary/aromatic N) is 1. The van der Waals surface area contributed by atoms with Gasteiger partial charge in [-0.3, -0.25) is 5.10 Å². The Hall–Kier alpha value is -0.830. The normalized spacial score (nSPS) is 27.9. The zero-order valence-electron chi connectivity index (χ0n) is 10.4. The summed E-state index contributed by atoms with van der Waals surface area (Å²) in [5, 5.41) is 10.6. The number of aromatic amines is 1. The van der Waals surface area contributed by atoms with Crippen LogP contribution in [0.25, 0.3) is 0 Å². The minimum atomic E-state index is 0.391. The fourth-order valence-corrected chi connectivity index (χ4v) is 2.49. The van der Waals surface area contributed by atoms with Crippen molar-refractivity contribution in [2.45, 2.75) is 45.6 Å². The lowest BCUT2D eigenvalue weighted by Crippen LogP contribution is -2.28. The Morgan fingerprint density at radius 3 is 2.81 bits per heavy atom. The molecule has 0 aliphatic heterocycles. The van der Waals surface area contributed by atoms with Crippen LogP contribution in [-0.4, -0.2) is 16.7 Å². The highest BCUT2D eigenvalue weighted by Crippen LogP contribution is 2.28. The largest absolute Gasteiger partial charge is 0.309 e. The van der Waals surface area contributed by atoms with Crippen molar-refractivity contribution in [3.8, 4) is 0 Å². The van der Waals surface area contributed by atoms with Crippen LogP contribution in [0.2, 0.25) is 0 Å². The molecule has 0 amide bonds. The van der Waals surface area contributed by atoms with Gasteiger partial charge in [-0.25, -0.2) is 0 Å². The van der Waals surface area contributed by atoms with Gasteiger partial charge in [-0.15, -0.1) is 0 Å². The average molecular weight is 221 g/mol. The van der Waals surface area contributed by atoms with Crippen LogP contribution < -0.4 is 5.32 Å². The van der Waals surface area contributed by atoms with E-state index in [0.29, 0.717) is 6.04 Å². The lowest BCUT2D eigenvalue weighted by atomic mass is 9.83. The molecule has 3 nitrogen and oxygen atoms in total. The second kappa shape index (κ2) is 5.48. The first kappa shape index (κ1) is 11.6. The topological polar surface area (TPSA) is 40.7 Å². The first-order valence-electron chi connectivity index (χ1n) is 6.48. The Balaban J connectivity index is 1.71. The monoisotopic (exact) mass is 221 g/mol. The number of nitrogens with one attached hydrogen (secondary N) is 2. The maximum absolute atomic E-state index is 3.98. The van der Waals surface area contributed by atoms with Crippen LogP contribution in [0.15, 0.2) is 12.3 Å². The van der Waals surface area contributed by atoms with E-state index in [4.69, 9.17) is 0 Å². The molecule has 0 aromatic carbocycles. The Morgan fingerprint density at radius 1 is 1.44 bits per heavy atom.